The summed E-state index contributed by atoms with van der Waals surface area (Å²) < 4.78 is 12.0. The van der Waals surface area contributed by atoms with Gasteiger partial charge in [0.25, 0.3) is 5.78 Å². The lowest BCUT2D eigenvalue weighted by Gasteiger charge is -2.21. The number of aryl methyl sites for hydroxylation is 3. The van der Waals surface area contributed by atoms with Crippen LogP contribution in [0.5, 0.6) is 5.75 Å². The van der Waals surface area contributed by atoms with Crippen LogP contribution >= 0.6 is 11.3 Å². The number of ether oxygens (including phenoxy) is 1. The maximum absolute atomic E-state index is 13.3. The van der Waals surface area contributed by atoms with Crippen molar-refractivity contribution >= 4 is 44.1 Å². The number of rotatable bonds is 4. The number of aliphatic hydroxyl groups is 1. The Hall–Kier alpha value is -3.91. The first-order chi connectivity index (χ1) is 16.3. The second kappa shape index (κ2) is 8.14. The molecule has 1 unspecified atom stereocenters. The number of hydrogen-bond acceptors (Lipinski definition) is 7. The Kier molecular flexibility index (Phi) is 5.25. The number of carbonyl (C=O) groups is 2. The van der Waals surface area contributed by atoms with Gasteiger partial charge in [0.2, 0.25) is 0 Å². The molecule has 0 radical (unpaired) electrons. The Morgan fingerprint density at radius 3 is 2.59 bits per heavy atom. The number of anilines is 1. The van der Waals surface area contributed by atoms with Crippen LogP contribution in [0.4, 0.5) is 5.13 Å². The molecule has 0 aliphatic carbocycles. The SMILES string of the molecule is COc1ccc2nc(N3C(=O)C(=O)C(=C(O)c4cc(C)ccc4C)C3c3ccc(C)o3)sc2c1. The molecule has 1 saturated heterocycles. The van der Waals surface area contributed by atoms with Gasteiger partial charge < -0.3 is 14.3 Å². The zero-order valence-electron chi connectivity index (χ0n) is 19.1. The second-order valence-corrected chi connectivity index (χ2v) is 9.28. The molecule has 8 heteroatoms. The maximum atomic E-state index is 13.3. The summed E-state index contributed by atoms with van der Waals surface area (Å²) in [5.74, 6) is -0.116. The van der Waals surface area contributed by atoms with Crippen LogP contribution in [0.25, 0.3) is 16.0 Å². The highest BCUT2D eigenvalue weighted by Gasteiger charge is 2.49. The summed E-state index contributed by atoms with van der Waals surface area (Å²) in [6.45, 7) is 5.53. The molecule has 4 aromatic rings. The predicted octanol–water partition coefficient (Wildman–Crippen LogP) is 5.45. The van der Waals surface area contributed by atoms with Gasteiger partial charge in [-0.25, -0.2) is 4.98 Å². The molecule has 0 saturated carbocycles. The molecule has 1 fully saturated rings. The third-order valence-electron chi connectivity index (χ3n) is 5.91. The van der Waals surface area contributed by atoms with E-state index in [4.69, 9.17) is 9.15 Å². The van der Waals surface area contributed by atoms with Crippen LogP contribution in [0.1, 0.15) is 34.3 Å². The average molecular weight is 475 g/mol. The molecule has 1 aliphatic rings. The fourth-order valence-electron chi connectivity index (χ4n) is 4.16. The van der Waals surface area contributed by atoms with E-state index in [1.54, 1.807) is 44.4 Å². The number of methoxy groups -OCH3 is 1. The minimum absolute atomic E-state index is 0.0233. The summed E-state index contributed by atoms with van der Waals surface area (Å²) in [6.07, 6.45) is 0. The van der Waals surface area contributed by atoms with Crippen LogP contribution in [-0.4, -0.2) is 28.9 Å². The van der Waals surface area contributed by atoms with Gasteiger partial charge in [-0.3, -0.25) is 14.5 Å². The lowest BCUT2D eigenvalue weighted by atomic mass is 9.96. The Morgan fingerprint density at radius 2 is 1.88 bits per heavy atom. The molecule has 7 nitrogen and oxygen atoms in total. The van der Waals surface area contributed by atoms with E-state index in [0.717, 1.165) is 15.8 Å². The molecule has 0 spiro atoms. The number of hydrogen-bond donors (Lipinski definition) is 1. The number of amides is 1. The molecule has 172 valence electrons. The van der Waals surface area contributed by atoms with E-state index < -0.39 is 17.7 Å². The van der Waals surface area contributed by atoms with Crippen molar-refractivity contribution in [2.45, 2.75) is 26.8 Å². The number of aliphatic hydroxyl groups excluding tert-OH is 1. The molecule has 1 atom stereocenters. The smallest absolute Gasteiger partial charge is 0.302 e. The Balaban J connectivity index is 1.73. The fourth-order valence-corrected chi connectivity index (χ4v) is 5.18. The zero-order valence-corrected chi connectivity index (χ0v) is 19.9. The van der Waals surface area contributed by atoms with Crippen LogP contribution in [0.15, 0.2) is 58.5 Å². The molecule has 3 heterocycles. The average Bonchev–Trinajstić information content (AvgIpc) is 3.50. The van der Waals surface area contributed by atoms with Crippen molar-refractivity contribution in [3.8, 4) is 5.75 Å². The quantitative estimate of drug-likeness (QED) is 0.240. The minimum Gasteiger partial charge on any atom is -0.507 e. The predicted molar refractivity (Wildman–Crippen MR) is 130 cm³/mol. The van der Waals surface area contributed by atoms with Crippen molar-refractivity contribution in [3.63, 3.8) is 0 Å². The van der Waals surface area contributed by atoms with Crippen LogP contribution in [0.2, 0.25) is 0 Å². The summed E-state index contributed by atoms with van der Waals surface area (Å²) in [7, 11) is 1.58. The lowest BCUT2D eigenvalue weighted by molar-refractivity contribution is -0.132. The van der Waals surface area contributed by atoms with Gasteiger partial charge in [-0.15, -0.1) is 0 Å². The van der Waals surface area contributed by atoms with E-state index in [-0.39, 0.29) is 11.3 Å². The van der Waals surface area contributed by atoms with Crippen LogP contribution in [0.3, 0.4) is 0 Å². The van der Waals surface area contributed by atoms with Crippen LogP contribution < -0.4 is 9.64 Å². The highest BCUT2D eigenvalue weighted by atomic mass is 32.1. The Morgan fingerprint density at radius 1 is 1.09 bits per heavy atom. The number of carbonyl (C=O) groups excluding carboxylic acids is 2. The Labute approximate surface area is 199 Å². The standard InChI is InChI=1S/C26H22N2O5S/c1-13-5-6-14(2)17(11-13)23(29)21-22(19-10-7-15(3)33-19)28(25(31)24(21)30)26-27-18-9-8-16(32-4)12-20(18)34-26/h5-12,22,29H,1-4H3. The van der Waals surface area contributed by atoms with Gasteiger partial charge >= 0.3 is 5.91 Å². The summed E-state index contributed by atoms with van der Waals surface area (Å²) in [5, 5.41) is 11.7. The molecule has 1 amide bonds. The maximum Gasteiger partial charge on any atom is 0.302 e. The number of ketones is 1. The van der Waals surface area contributed by atoms with E-state index in [2.05, 4.69) is 4.98 Å². The van der Waals surface area contributed by atoms with Crippen LogP contribution in [0, 0.1) is 20.8 Å². The fraction of sp³-hybridized carbons (Fsp3) is 0.192. The van der Waals surface area contributed by atoms with Crippen LogP contribution in [-0.2, 0) is 9.59 Å². The molecular weight excluding hydrogens is 452 g/mol. The first-order valence-electron chi connectivity index (χ1n) is 10.7. The van der Waals surface area contributed by atoms with Gasteiger partial charge in [-0.2, -0.15) is 0 Å². The van der Waals surface area contributed by atoms with Gasteiger partial charge in [0.05, 0.1) is 22.9 Å². The molecule has 1 aliphatic heterocycles. The molecule has 1 N–H and O–H groups in total. The van der Waals surface area contributed by atoms with Crippen molar-refractivity contribution < 1.29 is 23.8 Å². The second-order valence-electron chi connectivity index (χ2n) is 8.27. The number of nitrogens with zero attached hydrogens (tertiary/aromatic N) is 2. The van der Waals surface area contributed by atoms with Crippen molar-refractivity contribution in [1.29, 1.82) is 0 Å². The lowest BCUT2D eigenvalue weighted by Crippen LogP contribution is -2.29. The molecule has 2 aromatic heterocycles. The highest BCUT2D eigenvalue weighted by molar-refractivity contribution is 7.22. The summed E-state index contributed by atoms with van der Waals surface area (Å²) in [6, 6.07) is 13.5. The highest BCUT2D eigenvalue weighted by Crippen LogP contribution is 2.45. The van der Waals surface area contributed by atoms with Gasteiger partial charge in [-0.05, 0) is 62.7 Å². The number of thiazole rings is 1. The Bertz CT molecular complexity index is 1500. The van der Waals surface area contributed by atoms with E-state index >= 15 is 0 Å². The largest absolute Gasteiger partial charge is 0.507 e. The topological polar surface area (TPSA) is 92.9 Å². The molecule has 34 heavy (non-hydrogen) atoms. The number of furan rings is 1. The monoisotopic (exact) mass is 474 g/mol. The van der Waals surface area contributed by atoms with E-state index in [1.165, 1.54) is 16.2 Å². The molecule has 2 aromatic carbocycles. The normalized spacial score (nSPS) is 17.6. The van der Waals surface area contributed by atoms with E-state index in [1.807, 2.05) is 32.0 Å². The third-order valence-corrected chi connectivity index (χ3v) is 6.93. The van der Waals surface area contributed by atoms with Crippen molar-refractivity contribution in [2.24, 2.45) is 0 Å². The summed E-state index contributed by atoms with van der Waals surface area (Å²) in [5.41, 5.74) is 2.86. The number of aromatic nitrogens is 1. The molecule has 0 bridgehead atoms. The van der Waals surface area contributed by atoms with Gasteiger partial charge in [0.15, 0.2) is 5.13 Å². The summed E-state index contributed by atoms with van der Waals surface area (Å²) >= 11 is 1.27. The minimum atomic E-state index is -0.948. The molecular formula is C26H22N2O5S. The first kappa shape index (κ1) is 21.9. The van der Waals surface area contributed by atoms with E-state index in [0.29, 0.717) is 33.5 Å². The molecule has 5 rings (SSSR count). The van der Waals surface area contributed by atoms with Gasteiger partial charge in [0, 0.05) is 5.56 Å². The van der Waals surface area contributed by atoms with Crippen molar-refractivity contribution in [1.82, 2.24) is 4.98 Å². The summed E-state index contributed by atoms with van der Waals surface area (Å²) in [4.78, 5) is 32.6. The van der Waals surface area contributed by atoms with Crippen molar-refractivity contribution in [3.05, 3.63) is 82.3 Å². The number of benzene rings is 2. The number of Topliss-reactive ketones (excluding diaryl/α,β-unsaturated/α-hetero) is 1. The van der Waals surface area contributed by atoms with Crippen molar-refractivity contribution in [2.75, 3.05) is 12.0 Å². The number of fused-ring (bicyclic) bond motifs is 1. The first-order valence-corrected chi connectivity index (χ1v) is 11.5. The zero-order chi connectivity index (χ0) is 24.1. The third kappa shape index (κ3) is 3.47. The van der Waals surface area contributed by atoms with Gasteiger partial charge in [0.1, 0.15) is 29.1 Å². The van der Waals surface area contributed by atoms with E-state index in [9.17, 15) is 14.7 Å². The van der Waals surface area contributed by atoms with Gasteiger partial charge in [-0.1, -0.05) is 29.0 Å².